The fourth-order valence-corrected chi connectivity index (χ4v) is 18.6. The molecule has 0 bridgehead atoms. The second kappa shape index (κ2) is 62.7. The Kier molecular flexibility index (Phi) is 48.0. The third-order valence-electron chi connectivity index (χ3n) is 27.3. The lowest BCUT2D eigenvalue weighted by molar-refractivity contribution is 0.234. The number of nitrogens with zero attached hydrogens (tertiary/aromatic N) is 12. The van der Waals surface area contributed by atoms with E-state index in [0.29, 0.717) is 234 Å². The van der Waals surface area contributed by atoms with Crippen LogP contribution in [0, 0.1) is 0 Å². The van der Waals surface area contributed by atoms with Crippen LogP contribution in [0.3, 0.4) is 0 Å². The van der Waals surface area contributed by atoms with Gasteiger partial charge < -0.3 is 55.9 Å². The number of aromatic nitrogens is 12. The Hall–Kier alpha value is -11.0. The Balaban J connectivity index is 0.888. The highest BCUT2D eigenvalue weighted by molar-refractivity contribution is 6.21. The van der Waals surface area contributed by atoms with E-state index in [1.54, 1.807) is 0 Å². The van der Waals surface area contributed by atoms with Crippen molar-refractivity contribution in [1.29, 1.82) is 0 Å². The number of unbranched alkanes of at least 4 members (excludes halogenated alkanes) is 45. The third-order valence-corrected chi connectivity index (χ3v) is 27.3. The van der Waals surface area contributed by atoms with E-state index in [1.165, 1.54) is 231 Å². The van der Waals surface area contributed by atoms with Gasteiger partial charge in [0.2, 0.25) is 52.6 Å². The highest BCUT2D eigenvalue weighted by Crippen LogP contribution is 2.48. The molecule has 0 amide bonds. The van der Waals surface area contributed by atoms with Gasteiger partial charge in [-0.05, 0) is 149 Å². The maximum absolute atomic E-state index is 6.78. The van der Waals surface area contributed by atoms with Gasteiger partial charge in [-0.15, -0.1) is 30.6 Å². The Morgan fingerprint density at radius 1 is 0.160 bits per heavy atom. The summed E-state index contributed by atoms with van der Waals surface area (Å²) in [6.07, 6.45) is 61.5. The van der Waals surface area contributed by atoms with Gasteiger partial charge in [0.25, 0.3) is 0 Å². The molecular formula is C120H168N12O12. The molecule has 0 unspecified atom stereocenters. The number of hydrogen-bond donors (Lipinski definition) is 0. The number of hydrogen-bond acceptors (Lipinski definition) is 24. The van der Waals surface area contributed by atoms with Crippen molar-refractivity contribution in [2.75, 3.05) is 59.5 Å². The Morgan fingerprint density at radius 2 is 0.312 bits per heavy atom. The normalized spacial score (nSPS) is 11.7. The lowest BCUT2D eigenvalue weighted by Gasteiger charge is -2.18. The summed E-state index contributed by atoms with van der Waals surface area (Å²) in [5, 5.41) is 28.4. The second-order valence-electron chi connectivity index (χ2n) is 39.6. The zero-order chi connectivity index (χ0) is 100. The van der Waals surface area contributed by atoms with E-state index < -0.39 is 0 Å². The summed E-state index contributed by atoms with van der Waals surface area (Å²) < 4.78 is 81.0. The molecule has 0 fully saturated rings. The number of rotatable bonds is 78. The molecule has 13 aromatic rings. The van der Waals surface area contributed by atoms with Crippen molar-refractivity contribution in [1.82, 2.24) is 60.5 Å². The van der Waals surface area contributed by atoms with Gasteiger partial charge in [0.15, 0.2) is 34.5 Å². The molecule has 0 N–H and O–H groups in total. The summed E-state index contributed by atoms with van der Waals surface area (Å²) in [7, 11) is 0. The van der Waals surface area contributed by atoms with Gasteiger partial charge in [-0.25, -0.2) is 29.9 Å². The molecule has 0 saturated heterocycles. The van der Waals surface area contributed by atoms with Crippen molar-refractivity contribution in [3.8, 4) is 120 Å². The molecule has 7 aromatic carbocycles. The van der Waals surface area contributed by atoms with E-state index in [4.69, 9.17) is 116 Å². The molecule has 24 heteroatoms. The SMILES string of the molecule is CCCCCCCCOc1cc(-c2nnc(-c3ccc4nc5c6nc7ccc(-c8nnc(-c9cc(OCCCCCCCC)c(OCCCCCCCC)c(OCCCCCCCC)c9)o8)cc7nc6c6nc7cc(-c8nnc(-c9cc(OCCCCCCCC)c(OCCCCCCCC)c(OCCCCCCCC)c9)o8)ccc7nc6c5nc4c3)o2)cc(OCCCCCCCC)c1OCCCCCCCC. The highest BCUT2D eigenvalue weighted by atomic mass is 16.6. The van der Waals surface area contributed by atoms with Gasteiger partial charge in [0, 0.05) is 33.4 Å². The maximum atomic E-state index is 6.78. The summed E-state index contributed by atoms with van der Waals surface area (Å²) >= 11 is 0. The van der Waals surface area contributed by atoms with Gasteiger partial charge in [0.05, 0.1) is 92.6 Å². The molecule has 780 valence electrons. The Bertz CT molecular complexity index is 5820. The summed E-state index contributed by atoms with van der Waals surface area (Å²) in [5.74, 6) is 7.24. The first kappa shape index (κ1) is 110. The van der Waals surface area contributed by atoms with Gasteiger partial charge in [-0.3, -0.25) is 0 Å². The Morgan fingerprint density at radius 3 is 0.493 bits per heavy atom. The first-order chi connectivity index (χ1) is 71.1. The molecule has 144 heavy (non-hydrogen) atoms. The summed E-state index contributed by atoms with van der Waals surface area (Å²) in [5.41, 5.74) is 10.0. The molecule has 24 nitrogen and oxygen atoms in total. The zero-order valence-corrected chi connectivity index (χ0v) is 89.0. The quantitative estimate of drug-likeness (QED) is 0.0194. The number of benzene rings is 7. The van der Waals surface area contributed by atoms with Gasteiger partial charge in [-0.1, -0.05) is 351 Å². The number of fused-ring (bicyclic) bond motifs is 9. The van der Waals surface area contributed by atoms with Crippen LogP contribution in [0.25, 0.3) is 135 Å². The second-order valence-corrected chi connectivity index (χ2v) is 39.6. The highest BCUT2D eigenvalue weighted by Gasteiger charge is 2.28. The monoisotopic (exact) mass is 1970 g/mol. The molecule has 0 aliphatic heterocycles. The molecule has 0 aliphatic rings. The molecule has 0 aliphatic carbocycles. The molecule has 13 rings (SSSR count). The van der Waals surface area contributed by atoms with Crippen LogP contribution >= 0.6 is 0 Å². The summed E-state index contributed by atoms with van der Waals surface area (Å²) in [6, 6.07) is 29.2. The van der Waals surface area contributed by atoms with Crippen molar-refractivity contribution < 1.29 is 55.9 Å². The lowest BCUT2D eigenvalue weighted by atomic mass is 10.1. The first-order valence-electron chi connectivity index (χ1n) is 56.8. The number of ether oxygens (including phenoxy) is 9. The topological polar surface area (TPSA) is 277 Å². The van der Waals surface area contributed by atoms with Crippen molar-refractivity contribution >= 4 is 66.2 Å². The van der Waals surface area contributed by atoms with E-state index in [-0.39, 0.29) is 11.8 Å². The minimum atomic E-state index is 0.282. The fraction of sp³-hybridized carbons (Fsp3) is 0.600. The van der Waals surface area contributed by atoms with Gasteiger partial charge >= 0.3 is 0 Å². The van der Waals surface area contributed by atoms with Crippen LogP contribution in [0.2, 0.25) is 0 Å². The van der Waals surface area contributed by atoms with Crippen LogP contribution in [0.1, 0.15) is 409 Å². The van der Waals surface area contributed by atoms with Crippen molar-refractivity contribution in [2.24, 2.45) is 0 Å². The smallest absolute Gasteiger partial charge is 0.248 e. The lowest BCUT2D eigenvalue weighted by Crippen LogP contribution is -2.07. The van der Waals surface area contributed by atoms with Crippen LogP contribution < -0.4 is 42.6 Å². The van der Waals surface area contributed by atoms with Gasteiger partial charge in [-0.2, -0.15) is 0 Å². The van der Waals surface area contributed by atoms with E-state index in [0.717, 1.165) is 116 Å². The van der Waals surface area contributed by atoms with Crippen LogP contribution in [0.15, 0.2) is 104 Å². The van der Waals surface area contributed by atoms with E-state index in [1.807, 2.05) is 91.0 Å². The van der Waals surface area contributed by atoms with Crippen LogP contribution in [-0.2, 0) is 0 Å². The first-order valence-corrected chi connectivity index (χ1v) is 56.8. The average Bonchev–Trinajstić information content (AvgIpc) is 0.861. The minimum absolute atomic E-state index is 0.282. The van der Waals surface area contributed by atoms with Crippen LogP contribution in [0.4, 0.5) is 0 Å². The van der Waals surface area contributed by atoms with Crippen molar-refractivity contribution in [2.45, 2.75) is 409 Å². The molecule has 0 radical (unpaired) electrons. The van der Waals surface area contributed by atoms with E-state index in [2.05, 4.69) is 62.3 Å². The van der Waals surface area contributed by atoms with Gasteiger partial charge in [0.1, 0.15) is 33.1 Å². The molecule has 6 heterocycles. The Labute approximate surface area is 857 Å². The van der Waals surface area contributed by atoms with Crippen molar-refractivity contribution in [3.05, 3.63) is 91.0 Å². The molecule has 0 atom stereocenters. The fourth-order valence-electron chi connectivity index (χ4n) is 18.6. The minimum Gasteiger partial charge on any atom is -0.490 e. The van der Waals surface area contributed by atoms with Crippen molar-refractivity contribution in [3.63, 3.8) is 0 Å². The zero-order valence-electron chi connectivity index (χ0n) is 89.0. The van der Waals surface area contributed by atoms with Crippen LogP contribution in [-0.4, -0.2) is 120 Å². The maximum Gasteiger partial charge on any atom is 0.248 e. The summed E-state index contributed by atoms with van der Waals surface area (Å²) in [6.45, 7) is 25.1. The molecular weight excluding hydrogens is 1800 g/mol. The predicted molar refractivity (Wildman–Crippen MR) is 584 cm³/mol. The summed E-state index contributed by atoms with van der Waals surface area (Å²) in [4.78, 5) is 33.0. The van der Waals surface area contributed by atoms with E-state index >= 15 is 0 Å². The standard InChI is InChI=1S/C120H168N12O12/c1-10-19-28-37-46-55-70-133-100-82-91(83-101(134-71-56-47-38-29-20-11-2)112(100)139-76-61-52-43-34-25-16-7)118-130-127-115(142-118)88-64-67-94-97(79-88)124-109-106(121-94)107-110(125-98-80-89(65-68-95(98)122-107)116-128-131-119(143-116)92-84-102(135-72-57-48-39-30-21-12-3)113(140-77-62-53-44-35-26-17-8)103(85-92)136-73-58-49-40-31-22-13-4)111-108(109)123-96-69-66-90(81-99(96)126-111)117-129-132-120(144-117)93-86-104(137-74-59-50-41-32-23-14-5)114(141-78-63-54-45-36-27-18-9)105(87-93)138-75-60-51-42-33-24-15-6/h64-69,79-87H,10-63,70-78H2,1-9H3. The molecule has 0 spiro atoms. The third kappa shape index (κ3) is 33.8. The van der Waals surface area contributed by atoms with E-state index in [9.17, 15) is 0 Å². The predicted octanol–water partition coefficient (Wildman–Crippen LogP) is 34.8. The molecule has 0 saturated carbocycles. The van der Waals surface area contributed by atoms with Crippen LogP contribution in [0.5, 0.6) is 51.7 Å². The average molecular weight is 1970 g/mol. The largest absolute Gasteiger partial charge is 0.490 e. The molecule has 6 aromatic heterocycles.